The minimum atomic E-state index is -0.900. The molecule has 0 radical (unpaired) electrons. The minimum Gasteiger partial charge on any atom is -0.481 e. The van der Waals surface area contributed by atoms with Crippen LogP contribution in [-0.2, 0) is 9.53 Å². The summed E-state index contributed by atoms with van der Waals surface area (Å²) in [6, 6.07) is 6.29. The van der Waals surface area contributed by atoms with Crippen LogP contribution >= 0.6 is 0 Å². The maximum Gasteiger partial charge on any atom is 0.314 e. The molecule has 1 unspecified atom stereocenters. The first kappa shape index (κ1) is 14.2. The first-order chi connectivity index (χ1) is 9.62. The Labute approximate surface area is 115 Å². The molecule has 2 N–H and O–H groups in total. The highest BCUT2D eigenvalue weighted by atomic mass is 19.1. The summed E-state index contributed by atoms with van der Waals surface area (Å²) in [7, 11) is 2.70. The van der Waals surface area contributed by atoms with E-state index >= 15 is 0 Å². The molecule has 0 amide bonds. The van der Waals surface area contributed by atoms with Crippen molar-refractivity contribution in [2.45, 2.75) is 5.92 Å². The van der Waals surface area contributed by atoms with Crippen molar-refractivity contribution >= 4 is 16.9 Å². The monoisotopic (exact) mass is 278 g/mol. The number of methoxy groups -OCH3 is 2. The molecule has 1 heterocycles. The Hall–Kier alpha value is -2.21. The van der Waals surface area contributed by atoms with Crippen LogP contribution in [0.2, 0.25) is 0 Å². The Bertz CT molecular complexity index is 646. The number of aromatic nitrogens is 1. The zero-order chi connectivity index (χ0) is 14.7. The zero-order valence-electron chi connectivity index (χ0n) is 11.2. The lowest BCUT2D eigenvalue weighted by Crippen LogP contribution is -2.24. The van der Waals surface area contributed by atoms with Gasteiger partial charge in [0, 0.05) is 23.6 Å². The minimum absolute atomic E-state index is 0.0679. The van der Waals surface area contributed by atoms with Gasteiger partial charge in [-0.15, -0.1) is 0 Å². The number of carbonyl (C=O) groups is 1. The highest BCUT2D eigenvalue weighted by Gasteiger charge is 2.26. The van der Waals surface area contributed by atoms with Gasteiger partial charge in [0.15, 0.2) is 0 Å². The number of ether oxygens (including phenoxy) is 2. The maximum atomic E-state index is 14.1. The van der Waals surface area contributed by atoms with Crippen LogP contribution in [0.5, 0.6) is 5.88 Å². The lowest BCUT2D eigenvalue weighted by atomic mass is 9.95. The van der Waals surface area contributed by atoms with Gasteiger partial charge in [-0.25, -0.2) is 9.37 Å². The van der Waals surface area contributed by atoms with Crippen LogP contribution in [0, 0.1) is 5.82 Å². The summed E-state index contributed by atoms with van der Waals surface area (Å²) in [5, 5.41) is 0.699. The van der Waals surface area contributed by atoms with E-state index in [1.54, 1.807) is 18.2 Å². The predicted octanol–water partition coefficient (Wildman–Crippen LogP) is 1.60. The van der Waals surface area contributed by atoms with Gasteiger partial charge >= 0.3 is 5.97 Å². The van der Waals surface area contributed by atoms with Gasteiger partial charge in [0.05, 0.1) is 25.7 Å². The van der Waals surface area contributed by atoms with Crippen molar-refractivity contribution < 1.29 is 18.7 Å². The SMILES string of the molecule is COC(=O)C(CN)c1c(F)ccc2ccc(OC)nc12. The van der Waals surface area contributed by atoms with E-state index in [1.807, 2.05) is 0 Å². The average molecular weight is 278 g/mol. The summed E-state index contributed by atoms with van der Waals surface area (Å²) in [5.41, 5.74) is 6.07. The lowest BCUT2D eigenvalue weighted by molar-refractivity contribution is -0.142. The lowest BCUT2D eigenvalue weighted by Gasteiger charge is -2.16. The van der Waals surface area contributed by atoms with Gasteiger partial charge in [-0.1, -0.05) is 0 Å². The molecule has 0 aliphatic carbocycles. The van der Waals surface area contributed by atoms with Gasteiger partial charge in [-0.2, -0.15) is 0 Å². The Morgan fingerprint density at radius 3 is 2.65 bits per heavy atom. The van der Waals surface area contributed by atoms with Gasteiger partial charge in [0.1, 0.15) is 5.82 Å². The van der Waals surface area contributed by atoms with Crippen LogP contribution in [0.15, 0.2) is 24.3 Å². The average Bonchev–Trinajstić information content (AvgIpc) is 2.49. The molecule has 20 heavy (non-hydrogen) atoms. The quantitative estimate of drug-likeness (QED) is 0.860. The summed E-state index contributed by atoms with van der Waals surface area (Å²) in [6.07, 6.45) is 0. The molecule has 0 spiro atoms. The highest BCUT2D eigenvalue weighted by molar-refractivity contribution is 5.89. The van der Waals surface area contributed by atoms with E-state index < -0.39 is 17.7 Å². The van der Waals surface area contributed by atoms with Crippen LogP contribution in [0.4, 0.5) is 4.39 Å². The molecule has 0 fully saturated rings. The van der Waals surface area contributed by atoms with Gasteiger partial charge in [0.25, 0.3) is 0 Å². The van der Waals surface area contributed by atoms with Gasteiger partial charge in [-0.05, 0) is 18.2 Å². The van der Waals surface area contributed by atoms with E-state index in [9.17, 15) is 9.18 Å². The third-order valence-corrected chi connectivity index (χ3v) is 3.10. The van der Waals surface area contributed by atoms with Crippen molar-refractivity contribution in [1.82, 2.24) is 4.98 Å². The van der Waals surface area contributed by atoms with Crippen LogP contribution in [0.25, 0.3) is 10.9 Å². The Morgan fingerprint density at radius 1 is 1.35 bits per heavy atom. The fourth-order valence-electron chi connectivity index (χ4n) is 2.09. The predicted molar refractivity (Wildman–Crippen MR) is 72.1 cm³/mol. The molecule has 0 saturated carbocycles. The fraction of sp³-hybridized carbons (Fsp3) is 0.286. The van der Waals surface area contributed by atoms with Crippen molar-refractivity contribution in [2.75, 3.05) is 20.8 Å². The number of nitrogens with two attached hydrogens (primary N) is 1. The second-order valence-corrected chi connectivity index (χ2v) is 4.20. The Balaban J connectivity index is 2.71. The number of benzene rings is 1. The smallest absolute Gasteiger partial charge is 0.314 e. The van der Waals surface area contributed by atoms with Crippen LogP contribution in [0.1, 0.15) is 11.5 Å². The number of fused-ring (bicyclic) bond motifs is 1. The number of hydrogen-bond acceptors (Lipinski definition) is 5. The van der Waals surface area contributed by atoms with Crippen LogP contribution in [0.3, 0.4) is 0 Å². The van der Waals surface area contributed by atoms with E-state index in [0.29, 0.717) is 16.8 Å². The van der Waals surface area contributed by atoms with E-state index in [4.69, 9.17) is 10.5 Å². The van der Waals surface area contributed by atoms with Gasteiger partial charge < -0.3 is 15.2 Å². The summed E-state index contributed by atoms with van der Waals surface area (Å²) in [4.78, 5) is 16.0. The molecule has 1 atom stereocenters. The summed E-state index contributed by atoms with van der Waals surface area (Å²) in [5.74, 6) is -1.70. The molecular formula is C14H15FN2O3. The van der Waals surface area contributed by atoms with Crippen LogP contribution < -0.4 is 10.5 Å². The van der Waals surface area contributed by atoms with Crippen molar-refractivity contribution in [3.63, 3.8) is 0 Å². The second kappa shape index (κ2) is 5.83. The molecule has 106 valence electrons. The van der Waals surface area contributed by atoms with Crippen molar-refractivity contribution in [1.29, 1.82) is 0 Å². The van der Waals surface area contributed by atoms with Crippen molar-refractivity contribution in [3.05, 3.63) is 35.6 Å². The summed E-state index contributed by atoms with van der Waals surface area (Å²) in [6.45, 7) is -0.0679. The third-order valence-electron chi connectivity index (χ3n) is 3.10. The van der Waals surface area contributed by atoms with Crippen molar-refractivity contribution in [3.8, 4) is 5.88 Å². The van der Waals surface area contributed by atoms with Gasteiger partial charge in [0.2, 0.25) is 5.88 Å². The number of halogens is 1. The first-order valence-electron chi connectivity index (χ1n) is 6.03. The molecule has 0 saturated heterocycles. The van der Waals surface area contributed by atoms with E-state index in [0.717, 1.165) is 0 Å². The second-order valence-electron chi connectivity index (χ2n) is 4.20. The number of nitrogens with zero attached hydrogens (tertiary/aromatic N) is 1. The fourth-order valence-corrected chi connectivity index (χ4v) is 2.09. The van der Waals surface area contributed by atoms with E-state index in [1.165, 1.54) is 20.3 Å². The maximum absolute atomic E-state index is 14.1. The van der Waals surface area contributed by atoms with E-state index in [-0.39, 0.29) is 12.1 Å². The first-order valence-corrected chi connectivity index (χ1v) is 6.03. The zero-order valence-corrected chi connectivity index (χ0v) is 11.2. The molecule has 0 aliphatic heterocycles. The number of carbonyl (C=O) groups excluding carboxylic acids is 1. The normalized spacial score (nSPS) is 12.2. The molecule has 1 aromatic carbocycles. The van der Waals surface area contributed by atoms with Crippen molar-refractivity contribution in [2.24, 2.45) is 5.73 Å². The standard InChI is InChI=1S/C14H15FN2O3/c1-19-11-6-4-8-3-5-10(15)12(13(8)17-11)9(7-16)14(18)20-2/h3-6,9H,7,16H2,1-2H3. The van der Waals surface area contributed by atoms with Gasteiger partial charge in [-0.3, -0.25) is 4.79 Å². The number of esters is 1. The molecule has 0 aliphatic rings. The number of hydrogen-bond donors (Lipinski definition) is 1. The topological polar surface area (TPSA) is 74.4 Å². The molecule has 2 rings (SSSR count). The molecular weight excluding hydrogens is 263 g/mol. The molecule has 1 aromatic heterocycles. The number of rotatable bonds is 4. The molecule has 5 nitrogen and oxygen atoms in total. The summed E-state index contributed by atoms with van der Waals surface area (Å²) >= 11 is 0. The molecule has 2 aromatic rings. The Morgan fingerprint density at radius 2 is 2.05 bits per heavy atom. The summed E-state index contributed by atoms with van der Waals surface area (Å²) < 4.78 is 23.9. The molecule has 0 bridgehead atoms. The van der Waals surface area contributed by atoms with Crippen LogP contribution in [-0.4, -0.2) is 31.7 Å². The highest BCUT2D eigenvalue weighted by Crippen LogP contribution is 2.29. The molecule has 6 heteroatoms. The van der Waals surface area contributed by atoms with E-state index in [2.05, 4.69) is 9.72 Å². The number of pyridine rings is 1. The largest absolute Gasteiger partial charge is 0.481 e. The Kier molecular flexibility index (Phi) is 4.14. The third kappa shape index (κ3) is 2.42.